The molecule has 1 aromatic heterocycles. The molecule has 0 unspecified atom stereocenters. The van der Waals surface area contributed by atoms with E-state index < -0.39 is 11.4 Å². The molecule has 1 heterocycles. The molecule has 1 aromatic rings. The zero-order valence-electron chi connectivity index (χ0n) is 9.04. The third-order valence-electron chi connectivity index (χ3n) is 1.85. The lowest BCUT2D eigenvalue weighted by molar-refractivity contribution is 0.0338. The first-order chi connectivity index (χ1) is 6.98. The average molecular weight is 214 g/mol. The molecule has 0 aliphatic heterocycles. The summed E-state index contributed by atoms with van der Waals surface area (Å²) >= 11 is 0. The van der Waals surface area contributed by atoms with Crippen molar-refractivity contribution in [1.82, 2.24) is 4.98 Å². The van der Waals surface area contributed by atoms with E-state index in [4.69, 9.17) is 9.84 Å². The van der Waals surface area contributed by atoms with Crippen LogP contribution in [0, 0.1) is 5.82 Å². The quantitative estimate of drug-likeness (QED) is 0.795. The Bertz CT molecular complexity index is 342. The van der Waals surface area contributed by atoms with Gasteiger partial charge in [0.25, 0.3) is 5.88 Å². The zero-order valence-corrected chi connectivity index (χ0v) is 9.04. The first-order valence-electron chi connectivity index (χ1n) is 4.61. The van der Waals surface area contributed by atoms with Crippen molar-refractivity contribution in [3.8, 4) is 5.88 Å². The smallest absolute Gasteiger partial charge is 0.251 e. The molecular formula is C10H15FN2O2. The van der Waals surface area contributed by atoms with Crippen molar-refractivity contribution in [1.29, 1.82) is 0 Å². The summed E-state index contributed by atoms with van der Waals surface area (Å²) in [4.78, 5) is 3.81. The van der Waals surface area contributed by atoms with Gasteiger partial charge in [-0.15, -0.1) is 0 Å². The molecule has 0 saturated carbocycles. The van der Waals surface area contributed by atoms with Crippen LogP contribution >= 0.6 is 0 Å². The van der Waals surface area contributed by atoms with E-state index in [9.17, 15) is 4.39 Å². The van der Waals surface area contributed by atoms with Gasteiger partial charge in [-0.05, 0) is 13.8 Å². The normalized spacial score (nSPS) is 11.3. The highest BCUT2D eigenvalue weighted by molar-refractivity contribution is 5.42. The summed E-state index contributed by atoms with van der Waals surface area (Å²) in [5, 5.41) is 11.7. The van der Waals surface area contributed by atoms with E-state index in [0.717, 1.165) is 0 Å². The van der Waals surface area contributed by atoms with Gasteiger partial charge in [-0.25, -0.2) is 9.37 Å². The van der Waals surface area contributed by atoms with Crippen molar-refractivity contribution in [2.75, 3.05) is 19.0 Å². The fourth-order valence-electron chi connectivity index (χ4n) is 0.931. The van der Waals surface area contributed by atoms with Crippen molar-refractivity contribution in [3.63, 3.8) is 0 Å². The van der Waals surface area contributed by atoms with Gasteiger partial charge in [0.2, 0.25) is 0 Å². The molecule has 0 aromatic carbocycles. The fraction of sp³-hybridized carbons (Fsp3) is 0.500. The topological polar surface area (TPSA) is 54.4 Å². The van der Waals surface area contributed by atoms with Gasteiger partial charge in [-0.3, -0.25) is 0 Å². The number of hydrogen-bond acceptors (Lipinski definition) is 4. The second-order valence-electron chi connectivity index (χ2n) is 3.78. The molecule has 0 saturated heterocycles. The SMILES string of the molecule is CNc1cnc(OC(C)(C)CO)c(F)c1. The number of nitrogens with one attached hydrogen (secondary N) is 1. The molecular weight excluding hydrogens is 199 g/mol. The van der Waals surface area contributed by atoms with Crippen LogP contribution < -0.4 is 10.1 Å². The Labute approximate surface area is 88.1 Å². The minimum Gasteiger partial charge on any atom is -0.467 e. The molecule has 0 atom stereocenters. The fourth-order valence-corrected chi connectivity index (χ4v) is 0.931. The highest BCUT2D eigenvalue weighted by Crippen LogP contribution is 2.21. The Hall–Kier alpha value is -1.36. The first kappa shape index (κ1) is 11.7. The lowest BCUT2D eigenvalue weighted by Crippen LogP contribution is -2.33. The Kier molecular flexibility index (Phi) is 3.47. The highest BCUT2D eigenvalue weighted by Gasteiger charge is 2.21. The van der Waals surface area contributed by atoms with Crippen molar-refractivity contribution in [2.24, 2.45) is 0 Å². The van der Waals surface area contributed by atoms with Crippen LogP contribution in [0.25, 0.3) is 0 Å². The van der Waals surface area contributed by atoms with E-state index in [1.807, 2.05) is 0 Å². The van der Waals surface area contributed by atoms with E-state index >= 15 is 0 Å². The lowest BCUT2D eigenvalue weighted by atomic mass is 10.1. The number of ether oxygens (including phenoxy) is 1. The van der Waals surface area contributed by atoms with Gasteiger partial charge >= 0.3 is 0 Å². The van der Waals surface area contributed by atoms with E-state index in [2.05, 4.69) is 10.3 Å². The van der Waals surface area contributed by atoms with Crippen LogP contribution in [-0.2, 0) is 0 Å². The van der Waals surface area contributed by atoms with Crippen LogP contribution in [-0.4, -0.2) is 29.3 Å². The number of halogens is 1. The molecule has 15 heavy (non-hydrogen) atoms. The van der Waals surface area contributed by atoms with Gasteiger partial charge in [-0.2, -0.15) is 0 Å². The minimum absolute atomic E-state index is 0.104. The van der Waals surface area contributed by atoms with E-state index in [0.29, 0.717) is 5.69 Å². The van der Waals surface area contributed by atoms with Gasteiger partial charge in [0, 0.05) is 13.1 Å². The molecule has 0 spiro atoms. The summed E-state index contributed by atoms with van der Waals surface area (Å²) in [5.74, 6) is -0.656. The van der Waals surface area contributed by atoms with Crippen molar-refractivity contribution in [2.45, 2.75) is 19.4 Å². The van der Waals surface area contributed by atoms with Gasteiger partial charge < -0.3 is 15.2 Å². The number of anilines is 1. The molecule has 4 nitrogen and oxygen atoms in total. The molecule has 0 amide bonds. The number of pyridine rings is 1. The Balaban J connectivity index is 2.87. The van der Waals surface area contributed by atoms with Gasteiger partial charge in [0.15, 0.2) is 5.82 Å². The highest BCUT2D eigenvalue weighted by atomic mass is 19.1. The zero-order chi connectivity index (χ0) is 11.5. The maximum atomic E-state index is 13.4. The summed E-state index contributed by atoms with van der Waals surface area (Å²) in [6, 6.07) is 1.29. The molecule has 0 bridgehead atoms. The van der Waals surface area contributed by atoms with Crippen molar-refractivity contribution < 1.29 is 14.2 Å². The molecule has 84 valence electrons. The van der Waals surface area contributed by atoms with Gasteiger partial charge in [0.1, 0.15) is 5.60 Å². The molecule has 0 radical (unpaired) electrons. The lowest BCUT2D eigenvalue weighted by Gasteiger charge is -2.23. The molecule has 2 N–H and O–H groups in total. The van der Waals surface area contributed by atoms with Gasteiger partial charge in [0.05, 0.1) is 18.5 Å². The van der Waals surface area contributed by atoms with Crippen LogP contribution in [0.1, 0.15) is 13.8 Å². The number of aliphatic hydroxyl groups is 1. The van der Waals surface area contributed by atoms with E-state index in [1.165, 1.54) is 12.3 Å². The van der Waals surface area contributed by atoms with Crippen LogP contribution in [0.15, 0.2) is 12.3 Å². The molecule has 5 heteroatoms. The Morgan fingerprint density at radius 2 is 2.27 bits per heavy atom. The summed E-state index contributed by atoms with van der Waals surface area (Å²) in [6.07, 6.45) is 1.46. The maximum Gasteiger partial charge on any atom is 0.251 e. The monoisotopic (exact) mass is 214 g/mol. The predicted molar refractivity (Wildman–Crippen MR) is 55.5 cm³/mol. The number of aromatic nitrogens is 1. The van der Waals surface area contributed by atoms with Crippen LogP contribution in [0.3, 0.4) is 0 Å². The Morgan fingerprint density at radius 1 is 1.60 bits per heavy atom. The minimum atomic E-state index is -0.838. The number of aliphatic hydroxyl groups excluding tert-OH is 1. The largest absolute Gasteiger partial charge is 0.467 e. The van der Waals surface area contributed by atoms with E-state index in [-0.39, 0.29) is 12.5 Å². The van der Waals surface area contributed by atoms with Crippen molar-refractivity contribution >= 4 is 5.69 Å². The molecule has 1 rings (SSSR count). The second-order valence-corrected chi connectivity index (χ2v) is 3.78. The number of rotatable bonds is 4. The van der Waals surface area contributed by atoms with E-state index in [1.54, 1.807) is 20.9 Å². The summed E-state index contributed by atoms with van der Waals surface area (Å²) in [5.41, 5.74) is -0.267. The third-order valence-corrected chi connectivity index (χ3v) is 1.85. The molecule has 0 aliphatic carbocycles. The van der Waals surface area contributed by atoms with Gasteiger partial charge in [-0.1, -0.05) is 0 Å². The maximum absolute atomic E-state index is 13.4. The average Bonchev–Trinajstić information content (AvgIpc) is 2.21. The number of nitrogens with zero attached hydrogens (tertiary/aromatic N) is 1. The summed E-state index contributed by atoms with van der Waals surface area (Å²) in [7, 11) is 1.68. The first-order valence-corrected chi connectivity index (χ1v) is 4.61. The summed E-state index contributed by atoms with van der Waals surface area (Å²) < 4.78 is 18.6. The summed E-state index contributed by atoms with van der Waals surface area (Å²) in [6.45, 7) is 3.10. The van der Waals surface area contributed by atoms with Crippen molar-refractivity contribution in [3.05, 3.63) is 18.1 Å². The molecule has 0 aliphatic rings. The molecule has 0 fully saturated rings. The number of hydrogen-bond donors (Lipinski definition) is 2. The standard InChI is InChI=1S/C10H15FN2O2/c1-10(2,6-14)15-9-8(11)4-7(12-3)5-13-9/h4-5,12,14H,6H2,1-3H3. The second kappa shape index (κ2) is 4.44. The third kappa shape index (κ3) is 3.06. The van der Waals surface area contributed by atoms with Crippen LogP contribution in [0.5, 0.6) is 5.88 Å². The van der Waals surface area contributed by atoms with Crippen LogP contribution in [0.2, 0.25) is 0 Å². The van der Waals surface area contributed by atoms with Crippen LogP contribution in [0.4, 0.5) is 10.1 Å². The Morgan fingerprint density at radius 3 is 2.73 bits per heavy atom. The predicted octanol–water partition coefficient (Wildman–Crippen LogP) is 1.41.